The molecule has 0 aliphatic heterocycles. The van der Waals surface area contributed by atoms with Crippen LogP contribution >= 0.6 is 0 Å². The van der Waals surface area contributed by atoms with Crippen LogP contribution in [0.15, 0.2) is 109 Å². The topological polar surface area (TPSA) is 250 Å². The maximum atomic E-state index is 13.3. The molecule has 64 heavy (non-hydrogen) atoms. The molecule has 0 atom stereocenters. The minimum Gasteiger partial charge on any atom is -0.486 e. The van der Waals surface area contributed by atoms with Crippen molar-refractivity contribution in [3.05, 3.63) is 176 Å². The molecule has 0 radical (unpaired) electrons. The maximum Gasteiger partial charge on any atom is 0.259 e. The summed E-state index contributed by atoms with van der Waals surface area (Å²) in [5.74, 6) is 0.855. The molecule has 2 amide bonds. The number of anilines is 2. The van der Waals surface area contributed by atoms with Crippen molar-refractivity contribution < 1.29 is 19.1 Å². The van der Waals surface area contributed by atoms with Gasteiger partial charge in [0.05, 0.1) is 45.8 Å². The van der Waals surface area contributed by atoms with E-state index in [2.05, 4.69) is 32.7 Å². The van der Waals surface area contributed by atoms with Crippen molar-refractivity contribution >= 4 is 34.9 Å². The third-order valence-corrected chi connectivity index (χ3v) is 10.5. The Morgan fingerprint density at radius 2 is 1.05 bits per heavy atom. The number of benzene rings is 4. The van der Waals surface area contributed by atoms with E-state index in [0.29, 0.717) is 79.5 Å². The summed E-state index contributed by atoms with van der Waals surface area (Å²) in [5, 5.41) is 39.2. The Kier molecular flexibility index (Phi) is 13.4. The average molecular weight is 851 g/mol. The van der Waals surface area contributed by atoms with Crippen LogP contribution < -0.4 is 31.6 Å². The van der Waals surface area contributed by atoms with Crippen molar-refractivity contribution in [2.45, 2.75) is 64.6 Å². The van der Waals surface area contributed by atoms with Crippen LogP contribution in [0.1, 0.15) is 114 Å². The number of nitrogens with two attached hydrogens (primary N) is 2. The van der Waals surface area contributed by atoms with Gasteiger partial charge in [-0.3, -0.25) is 30.4 Å². The standard InChI is InChI=1S/C25H26N6O2.C25H20N4O2/c1-14-22(33-13-15-4-2-5-17(10-15)23(26)27)20(12-21(30-14)16-8-9-16)25(32)31-19-7-3-6-18(11-19)24(28)29;1-16-24(31-15-19-6-2-4-17(10-19)13-26)22(12-23(28-16)20-8-9-20)25(30)29-21-7-3-5-18(11-21)14-27/h2-7,10-12,16H,8-9,13H2,1H3,(H3,26,27)(H3,28,29)(H,31,32);2-7,10-12,20H,8-9,15H2,1H3,(H,29,30). The Bertz CT molecular complexity index is 2870. The molecule has 4 aromatic carbocycles. The molecule has 2 aromatic heterocycles. The predicted octanol–water partition coefficient (Wildman–Crippen LogP) is 8.51. The number of nitrogen functional groups attached to an aromatic ring is 2. The maximum absolute atomic E-state index is 13.3. The number of nitriles is 2. The van der Waals surface area contributed by atoms with Crippen molar-refractivity contribution in [1.82, 2.24) is 9.97 Å². The summed E-state index contributed by atoms with van der Waals surface area (Å²) in [5.41, 5.74) is 19.9. The van der Waals surface area contributed by atoms with Crippen molar-refractivity contribution in [3.8, 4) is 23.6 Å². The average Bonchev–Trinajstić information content (AvgIpc) is 4.23. The molecule has 8 N–H and O–H groups in total. The molecular formula is C50H46N10O4. The number of amides is 2. The number of hydrogen-bond acceptors (Lipinski definition) is 10. The molecule has 0 saturated heterocycles. The summed E-state index contributed by atoms with van der Waals surface area (Å²) in [6.45, 7) is 4.08. The van der Waals surface area contributed by atoms with E-state index in [9.17, 15) is 9.59 Å². The van der Waals surface area contributed by atoms with E-state index in [1.165, 1.54) is 0 Å². The number of pyridine rings is 2. The van der Waals surface area contributed by atoms with Gasteiger partial charge >= 0.3 is 0 Å². The molecule has 0 spiro atoms. The van der Waals surface area contributed by atoms with E-state index in [4.69, 9.17) is 42.3 Å². The van der Waals surface area contributed by atoms with Gasteiger partial charge in [-0.25, -0.2) is 0 Å². The van der Waals surface area contributed by atoms with Crippen LogP contribution in [-0.4, -0.2) is 33.5 Å². The van der Waals surface area contributed by atoms with E-state index in [1.807, 2.05) is 32.0 Å². The molecule has 2 heterocycles. The molecule has 2 fully saturated rings. The fraction of sp³-hybridized carbons (Fsp3) is 0.200. The number of nitrogens with zero attached hydrogens (tertiary/aromatic N) is 4. The van der Waals surface area contributed by atoms with E-state index >= 15 is 0 Å². The number of hydrogen-bond donors (Lipinski definition) is 6. The second-order valence-electron chi connectivity index (χ2n) is 15.7. The number of ether oxygens (including phenoxy) is 2. The van der Waals surface area contributed by atoms with E-state index in [1.54, 1.807) is 91.0 Å². The zero-order valence-electron chi connectivity index (χ0n) is 35.4. The fourth-order valence-corrected chi connectivity index (χ4v) is 6.95. The number of rotatable bonds is 14. The van der Waals surface area contributed by atoms with Gasteiger partial charge < -0.3 is 31.6 Å². The second kappa shape index (κ2) is 19.6. The zero-order valence-corrected chi connectivity index (χ0v) is 35.4. The molecule has 2 aliphatic carbocycles. The van der Waals surface area contributed by atoms with Gasteiger partial charge in [-0.15, -0.1) is 0 Å². The van der Waals surface area contributed by atoms with Crippen LogP contribution in [0.3, 0.4) is 0 Å². The summed E-state index contributed by atoms with van der Waals surface area (Å²) in [7, 11) is 0. The minimum atomic E-state index is -0.324. The van der Waals surface area contributed by atoms with Crippen LogP contribution in [-0.2, 0) is 13.2 Å². The molecule has 2 aliphatic rings. The van der Waals surface area contributed by atoms with E-state index in [0.717, 1.165) is 48.2 Å². The van der Waals surface area contributed by atoms with Gasteiger partial charge in [0.2, 0.25) is 0 Å². The first kappa shape index (κ1) is 43.7. The molecule has 0 unspecified atom stereocenters. The molecule has 2 saturated carbocycles. The lowest BCUT2D eigenvalue weighted by molar-refractivity contribution is 0.101. The van der Waals surface area contributed by atoms with Gasteiger partial charge in [0.1, 0.15) is 24.9 Å². The molecule has 320 valence electrons. The highest BCUT2D eigenvalue weighted by Gasteiger charge is 2.30. The highest BCUT2D eigenvalue weighted by Crippen LogP contribution is 2.42. The summed E-state index contributed by atoms with van der Waals surface area (Å²) in [4.78, 5) is 35.8. The summed E-state index contributed by atoms with van der Waals surface area (Å²) >= 11 is 0. The molecular weight excluding hydrogens is 805 g/mol. The summed E-state index contributed by atoms with van der Waals surface area (Å²) in [6, 6.07) is 35.8. The summed E-state index contributed by atoms with van der Waals surface area (Å²) < 4.78 is 12.1. The van der Waals surface area contributed by atoms with Crippen molar-refractivity contribution in [3.63, 3.8) is 0 Å². The Morgan fingerprint density at radius 1 is 0.625 bits per heavy atom. The smallest absolute Gasteiger partial charge is 0.259 e. The van der Waals surface area contributed by atoms with Gasteiger partial charge in [0.25, 0.3) is 11.8 Å². The lowest BCUT2D eigenvalue weighted by Crippen LogP contribution is -2.17. The van der Waals surface area contributed by atoms with Crippen LogP contribution in [0.2, 0.25) is 0 Å². The monoisotopic (exact) mass is 850 g/mol. The summed E-state index contributed by atoms with van der Waals surface area (Å²) in [6.07, 6.45) is 4.26. The third-order valence-electron chi connectivity index (χ3n) is 10.5. The normalized spacial score (nSPS) is 12.6. The SMILES string of the molecule is Cc1nc(C2CC2)cc(C(=O)Nc2cccc(C#N)c2)c1OCc1cccc(C#N)c1.Cc1nc(C2CC2)cc(C(=O)Nc2cccc(C(=N)N)c2)c1OCc1cccc(C(=N)N)c1. The van der Waals surface area contributed by atoms with Crippen LogP contribution in [0.4, 0.5) is 11.4 Å². The lowest BCUT2D eigenvalue weighted by atomic mass is 10.1. The number of amidine groups is 2. The zero-order chi connectivity index (χ0) is 45.3. The van der Waals surface area contributed by atoms with Gasteiger partial charge in [-0.05, 0) is 111 Å². The number of carbonyl (C=O) groups excluding carboxylic acids is 2. The quantitative estimate of drug-likeness (QED) is 0.0450. The number of nitrogens with one attached hydrogen (secondary N) is 4. The Labute approximate surface area is 370 Å². The van der Waals surface area contributed by atoms with E-state index < -0.39 is 0 Å². The second-order valence-corrected chi connectivity index (χ2v) is 15.7. The van der Waals surface area contributed by atoms with Gasteiger partial charge in [-0.2, -0.15) is 10.5 Å². The molecule has 14 nitrogen and oxygen atoms in total. The first-order chi connectivity index (χ1) is 30.9. The van der Waals surface area contributed by atoms with Gasteiger partial charge in [-0.1, -0.05) is 48.5 Å². The third kappa shape index (κ3) is 11.1. The van der Waals surface area contributed by atoms with Gasteiger partial charge in [0.15, 0.2) is 11.5 Å². The molecule has 8 rings (SSSR count). The number of aryl methyl sites for hydroxylation is 2. The van der Waals surface area contributed by atoms with Crippen LogP contribution in [0.25, 0.3) is 0 Å². The minimum absolute atomic E-state index is 0.0173. The highest BCUT2D eigenvalue weighted by molar-refractivity contribution is 6.08. The first-order valence-electron chi connectivity index (χ1n) is 20.7. The Balaban J connectivity index is 0.000000192. The predicted molar refractivity (Wildman–Crippen MR) is 244 cm³/mol. The first-order valence-corrected chi connectivity index (χ1v) is 20.7. The van der Waals surface area contributed by atoms with Crippen molar-refractivity contribution in [2.75, 3.05) is 10.6 Å². The number of carbonyl (C=O) groups is 2. The van der Waals surface area contributed by atoms with Crippen LogP contribution in [0, 0.1) is 47.3 Å². The highest BCUT2D eigenvalue weighted by atomic mass is 16.5. The Morgan fingerprint density at radius 3 is 1.53 bits per heavy atom. The van der Waals surface area contributed by atoms with Gasteiger partial charge in [0, 0.05) is 45.7 Å². The van der Waals surface area contributed by atoms with Crippen molar-refractivity contribution in [2.24, 2.45) is 11.5 Å². The van der Waals surface area contributed by atoms with Crippen LogP contribution in [0.5, 0.6) is 11.5 Å². The number of aromatic nitrogens is 2. The van der Waals surface area contributed by atoms with Crippen molar-refractivity contribution in [1.29, 1.82) is 21.3 Å². The lowest BCUT2D eigenvalue weighted by Gasteiger charge is -2.16. The largest absolute Gasteiger partial charge is 0.486 e. The Hall–Kier alpha value is -8.36. The fourth-order valence-electron chi connectivity index (χ4n) is 6.95. The van der Waals surface area contributed by atoms with E-state index in [-0.39, 0.29) is 36.7 Å². The molecule has 6 aromatic rings. The molecule has 14 heteroatoms. The molecule has 0 bridgehead atoms.